The van der Waals surface area contributed by atoms with Gasteiger partial charge in [0.1, 0.15) is 24.7 Å². The van der Waals surface area contributed by atoms with Gasteiger partial charge in [-0.15, -0.1) is 11.3 Å². The average molecular weight is 474 g/mol. The van der Waals surface area contributed by atoms with Gasteiger partial charge in [-0.2, -0.15) is 0 Å². The third-order valence-electron chi connectivity index (χ3n) is 6.35. The lowest BCUT2D eigenvalue weighted by Crippen LogP contribution is -2.25. The van der Waals surface area contributed by atoms with E-state index in [1.54, 1.807) is 0 Å². The molecule has 4 nitrogen and oxygen atoms in total. The average Bonchev–Trinajstić information content (AvgIpc) is 3.53. The standard InChI is InChI=1S/C29H31NO3S/c31-18-20-33-25-13-9-23(10-14-25)29-27(26-5-1-2-6-28(26)34-29)21-22-7-11-24(12-8-22)32-19-17-30-15-3-4-16-30/h1-2,5-14,31H,3-4,15-21H2. The minimum absolute atomic E-state index is 0.0183. The highest BCUT2D eigenvalue weighted by molar-refractivity contribution is 7.22. The smallest absolute Gasteiger partial charge is 0.119 e. The maximum Gasteiger partial charge on any atom is 0.119 e. The fourth-order valence-electron chi connectivity index (χ4n) is 4.58. The van der Waals surface area contributed by atoms with E-state index in [-0.39, 0.29) is 6.61 Å². The Morgan fingerprint density at radius 2 is 1.47 bits per heavy atom. The summed E-state index contributed by atoms with van der Waals surface area (Å²) in [5, 5.41) is 10.3. The van der Waals surface area contributed by atoms with Crippen molar-refractivity contribution in [1.29, 1.82) is 0 Å². The lowest BCUT2D eigenvalue weighted by Gasteiger charge is -2.15. The van der Waals surface area contributed by atoms with Crippen molar-refractivity contribution >= 4 is 21.4 Å². The van der Waals surface area contributed by atoms with Gasteiger partial charge in [-0.1, -0.05) is 30.3 Å². The monoisotopic (exact) mass is 473 g/mol. The van der Waals surface area contributed by atoms with Crippen molar-refractivity contribution in [2.24, 2.45) is 0 Å². The topological polar surface area (TPSA) is 41.9 Å². The molecule has 0 bridgehead atoms. The van der Waals surface area contributed by atoms with Gasteiger partial charge in [0.2, 0.25) is 0 Å². The van der Waals surface area contributed by atoms with Crippen LogP contribution < -0.4 is 9.47 Å². The summed E-state index contributed by atoms with van der Waals surface area (Å²) < 4.78 is 12.8. The van der Waals surface area contributed by atoms with E-state index < -0.39 is 0 Å². The van der Waals surface area contributed by atoms with Crippen LogP contribution in [0.5, 0.6) is 11.5 Å². The van der Waals surface area contributed by atoms with E-state index in [1.807, 2.05) is 23.5 Å². The first kappa shape index (κ1) is 22.9. The van der Waals surface area contributed by atoms with Gasteiger partial charge < -0.3 is 14.6 Å². The molecule has 34 heavy (non-hydrogen) atoms. The Labute approximate surface area is 205 Å². The molecular formula is C29H31NO3S. The Hall–Kier alpha value is -2.86. The first-order valence-corrected chi connectivity index (χ1v) is 12.9. The lowest BCUT2D eigenvalue weighted by molar-refractivity contribution is 0.201. The number of likely N-dealkylation sites (tertiary alicyclic amines) is 1. The van der Waals surface area contributed by atoms with Crippen molar-refractivity contribution < 1.29 is 14.6 Å². The summed E-state index contributed by atoms with van der Waals surface area (Å²) in [7, 11) is 0. The number of benzene rings is 3. The molecule has 1 aliphatic rings. The summed E-state index contributed by atoms with van der Waals surface area (Å²) in [5.74, 6) is 1.72. The van der Waals surface area contributed by atoms with E-state index in [0.717, 1.165) is 31.1 Å². The molecule has 1 saturated heterocycles. The molecule has 0 saturated carbocycles. The van der Waals surface area contributed by atoms with Gasteiger partial charge >= 0.3 is 0 Å². The number of aliphatic hydroxyl groups excluding tert-OH is 1. The predicted octanol–water partition coefficient (Wildman–Crippen LogP) is 6.00. The number of nitrogens with zero attached hydrogens (tertiary/aromatic N) is 1. The van der Waals surface area contributed by atoms with Crippen molar-refractivity contribution in [2.45, 2.75) is 19.3 Å². The summed E-state index contributed by atoms with van der Waals surface area (Å²) >= 11 is 1.84. The molecular weight excluding hydrogens is 442 g/mol. The molecule has 0 atom stereocenters. The minimum Gasteiger partial charge on any atom is -0.492 e. The second kappa shape index (κ2) is 11.0. The maximum absolute atomic E-state index is 8.99. The van der Waals surface area contributed by atoms with Crippen LogP contribution in [0, 0.1) is 0 Å². The van der Waals surface area contributed by atoms with Crippen LogP contribution in [0.4, 0.5) is 0 Å². The summed E-state index contributed by atoms with van der Waals surface area (Å²) in [6, 6.07) is 25.4. The van der Waals surface area contributed by atoms with Crippen LogP contribution in [0.1, 0.15) is 24.0 Å². The molecule has 1 aromatic heterocycles. The van der Waals surface area contributed by atoms with Gasteiger partial charge in [0, 0.05) is 16.1 Å². The molecule has 0 aliphatic carbocycles. The zero-order valence-electron chi connectivity index (χ0n) is 19.4. The molecule has 4 aromatic rings. The van der Waals surface area contributed by atoms with Crippen molar-refractivity contribution in [2.75, 3.05) is 39.5 Å². The summed E-state index contributed by atoms with van der Waals surface area (Å²) in [5.41, 5.74) is 3.82. The zero-order chi connectivity index (χ0) is 23.2. The van der Waals surface area contributed by atoms with Crippen LogP contribution in [0.15, 0.2) is 72.8 Å². The number of rotatable bonds is 10. The number of thiophene rings is 1. The Morgan fingerprint density at radius 1 is 0.794 bits per heavy atom. The molecule has 0 radical (unpaired) electrons. The summed E-state index contributed by atoms with van der Waals surface area (Å²) in [6.45, 7) is 4.50. The van der Waals surface area contributed by atoms with Gasteiger partial charge in [-0.3, -0.25) is 4.90 Å². The van der Waals surface area contributed by atoms with Gasteiger partial charge in [-0.25, -0.2) is 0 Å². The highest BCUT2D eigenvalue weighted by Crippen LogP contribution is 2.40. The summed E-state index contributed by atoms with van der Waals surface area (Å²) in [4.78, 5) is 3.77. The fourth-order valence-corrected chi connectivity index (χ4v) is 5.81. The van der Waals surface area contributed by atoms with Gasteiger partial charge in [0.15, 0.2) is 0 Å². The Bertz CT molecular complexity index is 1190. The Balaban J connectivity index is 1.32. The number of hydrogen-bond donors (Lipinski definition) is 1. The van der Waals surface area contributed by atoms with Gasteiger partial charge in [0.05, 0.1) is 6.61 Å². The highest BCUT2D eigenvalue weighted by Gasteiger charge is 2.15. The van der Waals surface area contributed by atoms with Crippen molar-refractivity contribution in [3.05, 3.63) is 83.9 Å². The molecule has 1 N–H and O–H groups in total. The van der Waals surface area contributed by atoms with Crippen LogP contribution in [0.25, 0.3) is 20.5 Å². The van der Waals surface area contributed by atoms with E-state index in [0.29, 0.717) is 6.61 Å². The Kier molecular flexibility index (Phi) is 7.44. The van der Waals surface area contributed by atoms with E-state index in [4.69, 9.17) is 14.6 Å². The van der Waals surface area contributed by atoms with E-state index in [1.165, 1.54) is 57.6 Å². The largest absolute Gasteiger partial charge is 0.492 e. The van der Waals surface area contributed by atoms with Gasteiger partial charge in [-0.05, 0) is 96.9 Å². The fraction of sp³-hybridized carbons (Fsp3) is 0.310. The SMILES string of the molecule is OCCOc1ccc(-c2sc3ccccc3c2Cc2ccc(OCCN3CCCC3)cc2)cc1. The van der Waals surface area contributed by atoms with Crippen molar-refractivity contribution in [3.63, 3.8) is 0 Å². The number of aliphatic hydroxyl groups is 1. The van der Waals surface area contributed by atoms with Crippen LogP contribution >= 0.6 is 11.3 Å². The lowest BCUT2D eigenvalue weighted by atomic mass is 9.99. The molecule has 0 unspecified atom stereocenters. The highest BCUT2D eigenvalue weighted by atomic mass is 32.1. The summed E-state index contributed by atoms with van der Waals surface area (Å²) in [6.07, 6.45) is 3.50. The quantitative estimate of drug-likeness (QED) is 0.307. The Morgan fingerprint density at radius 3 is 2.21 bits per heavy atom. The maximum atomic E-state index is 8.99. The molecule has 0 amide bonds. The molecule has 3 aromatic carbocycles. The molecule has 1 aliphatic heterocycles. The van der Waals surface area contributed by atoms with Crippen LogP contribution in [-0.4, -0.2) is 49.5 Å². The number of fused-ring (bicyclic) bond motifs is 1. The molecule has 5 rings (SSSR count). The zero-order valence-corrected chi connectivity index (χ0v) is 20.2. The van der Waals surface area contributed by atoms with E-state index in [2.05, 4.69) is 65.6 Å². The molecule has 5 heteroatoms. The second-order valence-corrected chi connectivity index (χ2v) is 9.77. The molecule has 0 spiro atoms. The van der Waals surface area contributed by atoms with Crippen LogP contribution in [0.2, 0.25) is 0 Å². The number of ether oxygens (including phenoxy) is 2. The first-order valence-electron chi connectivity index (χ1n) is 12.1. The second-order valence-electron chi connectivity index (χ2n) is 8.72. The van der Waals surface area contributed by atoms with E-state index in [9.17, 15) is 0 Å². The number of hydrogen-bond acceptors (Lipinski definition) is 5. The van der Waals surface area contributed by atoms with Gasteiger partial charge in [0.25, 0.3) is 0 Å². The van der Waals surface area contributed by atoms with Crippen molar-refractivity contribution in [1.82, 2.24) is 4.90 Å². The van der Waals surface area contributed by atoms with Crippen molar-refractivity contribution in [3.8, 4) is 21.9 Å². The molecule has 2 heterocycles. The molecule has 176 valence electrons. The predicted molar refractivity (Wildman–Crippen MR) is 140 cm³/mol. The normalized spacial score (nSPS) is 14.0. The molecule has 1 fully saturated rings. The van der Waals surface area contributed by atoms with E-state index >= 15 is 0 Å². The third-order valence-corrected chi connectivity index (χ3v) is 7.62. The van der Waals surface area contributed by atoms with Crippen LogP contribution in [-0.2, 0) is 6.42 Å². The van der Waals surface area contributed by atoms with Crippen LogP contribution in [0.3, 0.4) is 0 Å². The first-order chi connectivity index (χ1) is 16.8. The third kappa shape index (κ3) is 5.44. The minimum atomic E-state index is 0.0183.